The summed E-state index contributed by atoms with van der Waals surface area (Å²) in [4.78, 5) is 38.4. The molecule has 9 nitrogen and oxygen atoms in total. The van der Waals surface area contributed by atoms with Gasteiger partial charge in [-0.25, -0.2) is 4.79 Å². The van der Waals surface area contributed by atoms with E-state index in [9.17, 15) is 24.6 Å². The molecule has 0 aromatic heterocycles. The molecule has 9 heteroatoms. The van der Waals surface area contributed by atoms with Gasteiger partial charge in [0.1, 0.15) is 6.10 Å². The average molecular weight is 477 g/mol. The number of esters is 3. The molecule has 9 atom stereocenters. The van der Waals surface area contributed by atoms with E-state index in [1.165, 1.54) is 20.1 Å². The minimum absolute atomic E-state index is 0.206. The van der Waals surface area contributed by atoms with Crippen LogP contribution in [0.4, 0.5) is 0 Å². The lowest BCUT2D eigenvalue weighted by Crippen LogP contribution is -2.58. The monoisotopic (exact) mass is 476 g/mol. The second-order valence-corrected chi connectivity index (χ2v) is 11.2. The smallest absolute Gasteiger partial charge is 0.333 e. The van der Waals surface area contributed by atoms with Gasteiger partial charge in [-0.2, -0.15) is 0 Å². The van der Waals surface area contributed by atoms with E-state index >= 15 is 0 Å². The van der Waals surface area contributed by atoms with E-state index in [1.54, 1.807) is 26.8 Å². The Morgan fingerprint density at radius 3 is 2.65 bits per heavy atom. The number of aliphatic hydroxyl groups is 2. The lowest BCUT2D eigenvalue weighted by molar-refractivity contribution is -0.211. The Hall–Kier alpha value is -2.39. The van der Waals surface area contributed by atoms with Gasteiger partial charge in [0.2, 0.25) is 6.29 Å². The van der Waals surface area contributed by atoms with Gasteiger partial charge in [0.25, 0.3) is 0 Å². The highest BCUT2D eigenvalue weighted by Gasteiger charge is 2.82. The first-order valence-corrected chi connectivity index (χ1v) is 11.9. The van der Waals surface area contributed by atoms with Gasteiger partial charge in [-0.3, -0.25) is 9.59 Å². The molecule has 4 fully saturated rings. The highest BCUT2D eigenvalue weighted by atomic mass is 16.7. The Balaban J connectivity index is 1.54. The number of hydrogen-bond acceptors (Lipinski definition) is 9. The number of hydrogen-bond donors (Lipinski definition) is 2. The van der Waals surface area contributed by atoms with Crippen molar-refractivity contribution in [2.24, 2.45) is 28.6 Å². The van der Waals surface area contributed by atoms with Crippen molar-refractivity contribution in [2.45, 2.75) is 84.1 Å². The normalized spacial score (nSPS) is 44.1. The standard InChI is InChI=1S/C25H32O9/c1-6-11(2)20(28)33-17-13-8-25-12-7-15(26)19(25)24(13,5)22(29)34-18(17)14(25)10-31-21(12)32-16(27)9-23(3,4)30/h6,10,12-13,15,17-19,21,26,30H,7-9H2,1-5H3. The van der Waals surface area contributed by atoms with E-state index in [2.05, 4.69) is 0 Å². The summed E-state index contributed by atoms with van der Waals surface area (Å²) in [5, 5.41) is 21.2. The van der Waals surface area contributed by atoms with Gasteiger partial charge in [0, 0.05) is 34.3 Å². The molecule has 0 aromatic rings. The highest BCUT2D eigenvalue weighted by Crippen LogP contribution is 2.77. The first kappa shape index (κ1) is 23.4. The fourth-order valence-electron chi connectivity index (χ4n) is 7.35. The van der Waals surface area contributed by atoms with Crippen LogP contribution < -0.4 is 0 Å². The maximum absolute atomic E-state index is 13.3. The number of fused-ring (bicyclic) bond motifs is 3. The predicted molar refractivity (Wildman–Crippen MR) is 115 cm³/mol. The second-order valence-electron chi connectivity index (χ2n) is 11.2. The van der Waals surface area contributed by atoms with E-state index in [1.807, 2.05) is 0 Å². The number of aliphatic hydroxyl groups excluding tert-OH is 1. The van der Waals surface area contributed by atoms with Crippen LogP contribution in [-0.2, 0) is 33.3 Å². The largest absolute Gasteiger partial charge is 0.462 e. The Morgan fingerprint density at radius 2 is 2.00 bits per heavy atom. The molecule has 2 aliphatic heterocycles. The van der Waals surface area contributed by atoms with Crippen LogP contribution in [0.2, 0.25) is 0 Å². The summed E-state index contributed by atoms with van der Waals surface area (Å²) in [6.07, 6.45) is 0.392. The third-order valence-electron chi connectivity index (χ3n) is 8.76. The number of allylic oxidation sites excluding steroid dienone is 1. The molecule has 0 radical (unpaired) electrons. The van der Waals surface area contributed by atoms with Crippen molar-refractivity contribution in [3.05, 3.63) is 23.5 Å². The summed E-state index contributed by atoms with van der Waals surface area (Å²) < 4.78 is 23.2. The fourth-order valence-corrected chi connectivity index (χ4v) is 7.35. The SMILES string of the molecule is CC=C(C)C(=O)OC1C2OC(=O)C3(C)C1CC14C2=COC(OC(=O)CC(C)(C)O)C1CC(O)C34. The van der Waals surface area contributed by atoms with Gasteiger partial charge in [-0.15, -0.1) is 0 Å². The number of rotatable bonds is 5. The van der Waals surface area contributed by atoms with E-state index < -0.39 is 70.8 Å². The van der Waals surface area contributed by atoms with Crippen LogP contribution >= 0.6 is 0 Å². The first-order valence-electron chi connectivity index (χ1n) is 11.9. The zero-order valence-electron chi connectivity index (χ0n) is 20.1. The molecule has 186 valence electrons. The molecule has 0 amide bonds. The van der Waals surface area contributed by atoms with E-state index in [0.29, 0.717) is 24.0 Å². The molecule has 2 heterocycles. The Kier molecular flexibility index (Phi) is 5.02. The van der Waals surface area contributed by atoms with Crippen molar-refractivity contribution < 1.29 is 43.5 Å². The molecule has 34 heavy (non-hydrogen) atoms. The second kappa shape index (κ2) is 7.31. The van der Waals surface area contributed by atoms with Crippen LogP contribution in [0, 0.1) is 28.6 Å². The van der Waals surface area contributed by atoms with Crippen LogP contribution in [0.15, 0.2) is 23.5 Å². The van der Waals surface area contributed by atoms with Gasteiger partial charge in [-0.1, -0.05) is 6.08 Å². The number of carbonyl (C=O) groups is 3. The molecule has 5 rings (SSSR count). The van der Waals surface area contributed by atoms with Gasteiger partial charge < -0.3 is 29.2 Å². The van der Waals surface area contributed by atoms with Gasteiger partial charge in [0.15, 0.2) is 6.10 Å². The summed E-state index contributed by atoms with van der Waals surface area (Å²) >= 11 is 0. The van der Waals surface area contributed by atoms with Crippen molar-refractivity contribution in [1.29, 1.82) is 0 Å². The summed E-state index contributed by atoms with van der Waals surface area (Å²) in [6.45, 7) is 8.24. The Labute approximate surface area is 198 Å². The van der Waals surface area contributed by atoms with Crippen LogP contribution in [-0.4, -0.2) is 58.3 Å². The predicted octanol–water partition coefficient (Wildman–Crippen LogP) is 1.76. The minimum Gasteiger partial charge on any atom is -0.462 e. The maximum Gasteiger partial charge on any atom is 0.333 e. The van der Waals surface area contributed by atoms with Crippen molar-refractivity contribution in [3.63, 3.8) is 0 Å². The van der Waals surface area contributed by atoms with Crippen molar-refractivity contribution in [3.8, 4) is 0 Å². The van der Waals surface area contributed by atoms with Gasteiger partial charge in [0.05, 0.1) is 29.8 Å². The highest BCUT2D eigenvalue weighted by molar-refractivity contribution is 5.88. The molecule has 5 aliphatic rings. The van der Waals surface area contributed by atoms with Gasteiger partial charge in [-0.05, 0) is 47.5 Å². The van der Waals surface area contributed by atoms with Gasteiger partial charge >= 0.3 is 17.9 Å². The lowest BCUT2D eigenvalue weighted by atomic mass is 9.61. The van der Waals surface area contributed by atoms with Crippen LogP contribution in [0.3, 0.4) is 0 Å². The van der Waals surface area contributed by atoms with Crippen molar-refractivity contribution in [2.75, 3.05) is 0 Å². The molecule has 3 saturated carbocycles. The third kappa shape index (κ3) is 2.95. The van der Waals surface area contributed by atoms with Crippen LogP contribution in [0.25, 0.3) is 0 Å². The van der Waals surface area contributed by atoms with Crippen molar-refractivity contribution >= 4 is 17.9 Å². The number of carbonyl (C=O) groups excluding carboxylic acids is 3. The zero-order valence-corrected chi connectivity index (χ0v) is 20.1. The van der Waals surface area contributed by atoms with E-state index in [4.69, 9.17) is 18.9 Å². The molecule has 1 saturated heterocycles. The van der Waals surface area contributed by atoms with Crippen molar-refractivity contribution in [1.82, 2.24) is 0 Å². The summed E-state index contributed by atoms with van der Waals surface area (Å²) in [5.41, 5.74) is -1.84. The summed E-state index contributed by atoms with van der Waals surface area (Å²) in [6, 6.07) is 0. The first-order chi connectivity index (χ1) is 15.8. The maximum atomic E-state index is 13.3. The van der Waals surface area contributed by atoms with Crippen LogP contribution in [0.1, 0.15) is 53.9 Å². The Bertz CT molecular complexity index is 1010. The lowest BCUT2D eigenvalue weighted by Gasteiger charge is -2.51. The summed E-state index contributed by atoms with van der Waals surface area (Å²) in [5.74, 6) is -2.72. The molecule has 1 spiro atoms. The van der Waals surface area contributed by atoms with E-state index in [-0.39, 0.29) is 12.3 Å². The quantitative estimate of drug-likeness (QED) is 0.346. The van der Waals surface area contributed by atoms with Crippen LogP contribution in [0.5, 0.6) is 0 Å². The molecule has 9 unspecified atom stereocenters. The molecule has 2 N–H and O–H groups in total. The number of ether oxygens (including phenoxy) is 4. The third-order valence-corrected chi connectivity index (χ3v) is 8.76. The minimum atomic E-state index is -1.24. The molecular weight excluding hydrogens is 444 g/mol. The molecule has 3 aliphatic carbocycles. The molecule has 3 bridgehead atoms. The molecular formula is C25H32O9. The van der Waals surface area contributed by atoms with E-state index in [0.717, 1.165) is 0 Å². The average Bonchev–Trinajstić information content (AvgIpc) is 3.14. The molecule has 0 aromatic carbocycles. The fraction of sp³-hybridized carbons (Fsp3) is 0.720. The zero-order chi connectivity index (χ0) is 24.8. The Morgan fingerprint density at radius 1 is 1.29 bits per heavy atom. The topological polar surface area (TPSA) is 129 Å². The summed E-state index contributed by atoms with van der Waals surface area (Å²) in [7, 11) is 0.